The van der Waals surface area contributed by atoms with Crippen LogP contribution in [0.15, 0.2) is 28.7 Å². The standard InChI is InChI=1S/C15H21NO2/c1-4-14-13(9-16-11(2)10-17-3)12-7-5-6-8-15(12)18-14/h5-8,11,16H,4,9-10H2,1-3H3. The molecule has 0 aliphatic rings. The van der Waals surface area contributed by atoms with Gasteiger partial charge in [-0.25, -0.2) is 0 Å². The number of para-hydroxylation sites is 1. The molecule has 3 nitrogen and oxygen atoms in total. The largest absolute Gasteiger partial charge is 0.461 e. The fourth-order valence-corrected chi connectivity index (χ4v) is 2.21. The molecule has 1 N–H and O–H groups in total. The van der Waals surface area contributed by atoms with E-state index in [4.69, 9.17) is 9.15 Å². The van der Waals surface area contributed by atoms with Gasteiger partial charge in [-0.1, -0.05) is 25.1 Å². The Hall–Kier alpha value is -1.32. The maximum atomic E-state index is 5.87. The predicted molar refractivity (Wildman–Crippen MR) is 73.8 cm³/mol. The molecule has 98 valence electrons. The van der Waals surface area contributed by atoms with Gasteiger partial charge < -0.3 is 14.5 Å². The van der Waals surface area contributed by atoms with Gasteiger partial charge in [0.25, 0.3) is 0 Å². The molecule has 1 aromatic carbocycles. The molecule has 18 heavy (non-hydrogen) atoms. The molecule has 0 saturated heterocycles. The van der Waals surface area contributed by atoms with Gasteiger partial charge in [0, 0.05) is 37.1 Å². The van der Waals surface area contributed by atoms with E-state index in [9.17, 15) is 0 Å². The summed E-state index contributed by atoms with van der Waals surface area (Å²) in [4.78, 5) is 0. The first-order valence-corrected chi connectivity index (χ1v) is 6.47. The third-order valence-electron chi connectivity index (χ3n) is 3.15. The smallest absolute Gasteiger partial charge is 0.134 e. The lowest BCUT2D eigenvalue weighted by atomic mass is 10.1. The van der Waals surface area contributed by atoms with Crippen molar-refractivity contribution in [2.24, 2.45) is 0 Å². The van der Waals surface area contributed by atoms with Crippen LogP contribution in [0.1, 0.15) is 25.2 Å². The average Bonchev–Trinajstić information content (AvgIpc) is 2.74. The second-order valence-electron chi connectivity index (χ2n) is 4.59. The summed E-state index contributed by atoms with van der Waals surface area (Å²) in [6.07, 6.45) is 0.921. The Balaban J connectivity index is 2.20. The summed E-state index contributed by atoms with van der Waals surface area (Å²) >= 11 is 0. The minimum Gasteiger partial charge on any atom is -0.461 e. The fraction of sp³-hybridized carbons (Fsp3) is 0.467. The number of hydrogen-bond donors (Lipinski definition) is 1. The maximum absolute atomic E-state index is 5.87. The summed E-state index contributed by atoms with van der Waals surface area (Å²) in [7, 11) is 1.73. The van der Waals surface area contributed by atoms with Crippen LogP contribution >= 0.6 is 0 Å². The molecule has 0 spiro atoms. The van der Waals surface area contributed by atoms with Crippen LogP contribution in [0.4, 0.5) is 0 Å². The third kappa shape index (κ3) is 2.74. The zero-order valence-corrected chi connectivity index (χ0v) is 11.3. The van der Waals surface area contributed by atoms with Gasteiger partial charge in [-0.15, -0.1) is 0 Å². The topological polar surface area (TPSA) is 34.4 Å². The van der Waals surface area contributed by atoms with Crippen molar-refractivity contribution in [1.82, 2.24) is 5.32 Å². The summed E-state index contributed by atoms with van der Waals surface area (Å²) in [5.41, 5.74) is 2.25. The monoisotopic (exact) mass is 247 g/mol. The van der Waals surface area contributed by atoms with Crippen molar-refractivity contribution in [1.29, 1.82) is 0 Å². The molecule has 1 unspecified atom stereocenters. The van der Waals surface area contributed by atoms with Crippen LogP contribution in [0.5, 0.6) is 0 Å². The first-order valence-electron chi connectivity index (χ1n) is 6.47. The van der Waals surface area contributed by atoms with E-state index in [1.54, 1.807) is 7.11 Å². The molecule has 1 aromatic heterocycles. The highest BCUT2D eigenvalue weighted by Crippen LogP contribution is 2.26. The molecular weight excluding hydrogens is 226 g/mol. The number of methoxy groups -OCH3 is 1. The zero-order valence-electron chi connectivity index (χ0n) is 11.3. The number of furan rings is 1. The quantitative estimate of drug-likeness (QED) is 0.851. The Morgan fingerprint density at radius 2 is 2.11 bits per heavy atom. The van der Waals surface area contributed by atoms with E-state index in [0.717, 1.165) is 30.9 Å². The number of aryl methyl sites for hydroxylation is 1. The molecule has 0 amide bonds. The Bertz CT molecular complexity index is 504. The van der Waals surface area contributed by atoms with Gasteiger partial charge in [0.15, 0.2) is 0 Å². The first-order chi connectivity index (χ1) is 8.76. The van der Waals surface area contributed by atoms with E-state index in [2.05, 4.69) is 31.3 Å². The van der Waals surface area contributed by atoms with Crippen molar-refractivity contribution in [2.75, 3.05) is 13.7 Å². The average molecular weight is 247 g/mol. The van der Waals surface area contributed by atoms with E-state index in [-0.39, 0.29) is 0 Å². The second kappa shape index (κ2) is 6.03. The van der Waals surface area contributed by atoms with Crippen molar-refractivity contribution in [3.05, 3.63) is 35.6 Å². The van der Waals surface area contributed by atoms with E-state index in [0.29, 0.717) is 6.04 Å². The van der Waals surface area contributed by atoms with E-state index in [1.165, 1.54) is 10.9 Å². The molecule has 1 heterocycles. The molecule has 2 aromatic rings. The van der Waals surface area contributed by atoms with E-state index < -0.39 is 0 Å². The van der Waals surface area contributed by atoms with Crippen LogP contribution in [-0.2, 0) is 17.7 Å². The number of fused-ring (bicyclic) bond motifs is 1. The normalized spacial score (nSPS) is 13.1. The molecule has 0 fully saturated rings. The van der Waals surface area contributed by atoms with Crippen LogP contribution in [0.2, 0.25) is 0 Å². The molecule has 1 atom stereocenters. The Morgan fingerprint density at radius 1 is 1.33 bits per heavy atom. The Morgan fingerprint density at radius 3 is 2.83 bits per heavy atom. The summed E-state index contributed by atoms with van der Waals surface area (Å²) in [5.74, 6) is 1.08. The number of hydrogen-bond acceptors (Lipinski definition) is 3. The maximum Gasteiger partial charge on any atom is 0.134 e. The van der Waals surface area contributed by atoms with Gasteiger partial charge in [-0.2, -0.15) is 0 Å². The van der Waals surface area contributed by atoms with Gasteiger partial charge in [-0.3, -0.25) is 0 Å². The molecule has 0 radical (unpaired) electrons. The van der Waals surface area contributed by atoms with Gasteiger partial charge in [0.2, 0.25) is 0 Å². The van der Waals surface area contributed by atoms with Gasteiger partial charge in [0.05, 0.1) is 6.61 Å². The second-order valence-corrected chi connectivity index (χ2v) is 4.59. The molecule has 3 heteroatoms. The SMILES string of the molecule is CCc1oc2ccccc2c1CNC(C)COC. The lowest BCUT2D eigenvalue weighted by molar-refractivity contribution is 0.171. The zero-order chi connectivity index (χ0) is 13.0. The molecule has 0 aliphatic heterocycles. The number of nitrogens with one attached hydrogen (secondary N) is 1. The van der Waals surface area contributed by atoms with Crippen LogP contribution in [0, 0.1) is 0 Å². The highest BCUT2D eigenvalue weighted by molar-refractivity contribution is 5.82. The van der Waals surface area contributed by atoms with Crippen molar-refractivity contribution >= 4 is 11.0 Å². The van der Waals surface area contributed by atoms with Crippen LogP contribution in [0.3, 0.4) is 0 Å². The van der Waals surface area contributed by atoms with Crippen LogP contribution < -0.4 is 5.32 Å². The molecule has 2 rings (SSSR count). The van der Waals surface area contributed by atoms with Crippen molar-refractivity contribution in [3.8, 4) is 0 Å². The predicted octanol–water partition coefficient (Wildman–Crippen LogP) is 3.12. The molecular formula is C15H21NO2. The van der Waals surface area contributed by atoms with Crippen LogP contribution in [0.25, 0.3) is 11.0 Å². The third-order valence-corrected chi connectivity index (χ3v) is 3.15. The van der Waals surface area contributed by atoms with Gasteiger partial charge in [-0.05, 0) is 13.0 Å². The van der Waals surface area contributed by atoms with E-state index in [1.807, 2.05) is 12.1 Å². The van der Waals surface area contributed by atoms with Gasteiger partial charge >= 0.3 is 0 Å². The minimum absolute atomic E-state index is 0.341. The highest BCUT2D eigenvalue weighted by atomic mass is 16.5. The Labute approximate surface area is 108 Å². The Kier molecular flexibility index (Phi) is 4.39. The number of ether oxygens (including phenoxy) is 1. The fourth-order valence-electron chi connectivity index (χ4n) is 2.21. The lowest BCUT2D eigenvalue weighted by Crippen LogP contribution is -2.29. The molecule has 0 saturated carbocycles. The van der Waals surface area contributed by atoms with Gasteiger partial charge in [0.1, 0.15) is 11.3 Å². The summed E-state index contributed by atoms with van der Waals surface area (Å²) in [6.45, 7) is 5.79. The first kappa shape index (κ1) is 13.1. The number of benzene rings is 1. The highest BCUT2D eigenvalue weighted by Gasteiger charge is 2.12. The van der Waals surface area contributed by atoms with Crippen molar-refractivity contribution in [2.45, 2.75) is 32.9 Å². The molecule has 0 bridgehead atoms. The van der Waals surface area contributed by atoms with Crippen LogP contribution in [-0.4, -0.2) is 19.8 Å². The van der Waals surface area contributed by atoms with Crippen molar-refractivity contribution in [3.63, 3.8) is 0 Å². The summed E-state index contributed by atoms with van der Waals surface area (Å²) in [6, 6.07) is 8.55. The summed E-state index contributed by atoms with van der Waals surface area (Å²) in [5, 5.41) is 4.68. The van der Waals surface area contributed by atoms with E-state index >= 15 is 0 Å². The molecule has 0 aliphatic carbocycles. The lowest BCUT2D eigenvalue weighted by Gasteiger charge is -2.12. The minimum atomic E-state index is 0.341. The van der Waals surface area contributed by atoms with Crippen molar-refractivity contribution < 1.29 is 9.15 Å². The summed E-state index contributed by atoms with van der Waals surface area (Å²) < 4.78 is 11.0. The number of rotatable bonds is 6.